The van der Waals surface area contributed by atoms with Gasteiger partial charge in [0.25, 0.3) is 0 Å². The second-order valence-electron chi connectivity index (χ2n) is 6.13. The molecule has 0 aliphatic carbocycles. The molecule has 0 bridgehead atoms. The van der Waals surface area contributed by atoms with Crippen molar-refractivity contribution in [2.45, 2.75) is 13.3 Å². The van der Waals surface area contributed by atoms with Gasteiger partial charge in [0, 0.05) is 5.56 Å². The maximum absolute atomic E-state index is 12.0. The van der Waals surface area contributed by atoms with Crippen molar-refractivity contribution in [3.63, 3.8) is 0 Å². The lowest BCUT2D eigenvalue weighted by Gasteiger charge is -2.04. The van der Waals surface area contributed by atoms with Gasteiger partial charge in [-0.2, -0.15) is 5.10 Å². The van der Waals surface area contributed by atoms with Crippen molar-refractivity contribution < 1.29 is 23.8 Å². The zero-order valence-electron chi connectivity index (χ0n) is 15.8. The standard InChI is InChI=1S/C22H20N2O5/c1-2-28-18-8-6-15(7-9-18)12-21(25)24-23-14-19-10-11-20(29-19)16-4-3-5-17(13-16)22(26)27/h3-11,13-14H,2,12H2,1H3,(H,24,25)(H,26,27)/b23-14-. The van der Waals surface area contributed by atoms with Gasteiger partial charge in [-0.3, -0.25) is 4.79 Å². The summed E-state index contributed by atoms with van der Waals surface area (Å²) in [5.41, 5.74) is 4.12. The van der Waals surface area contributed by atoms with E-state index in [1.54, 1.807) is 24.3 Å². The predicted molar refractivity (Wildman–Crippen MR) is 108 cm³/mol. The van der Waals surface area contributed by atoms with Gasteiger partial charge in [-0.25, -0.2) is 10.2 Å². The molecule has 0 radical (unpaired) electrons. The van der Waals surface area contributed by atoms with Crippen LogP contribution in [0.2, 0.25) is 0 Å². The van der Waals surface area contributed by atoms with Crippen molar-refractivity contribution in [2.24, 2.45) is 5.10 Å². The van der Waals surface area contributed by atoms with Crippen LogP contribution in [-0.4, -0.2) is 29.8 Å². The highest BCUT2D eigenvalue weighted by molar-refractivity contribution is 5.89. The van der Waals surface area contributed by atoms with E-state index in [1.807, 2.05) is 31.2 Å². The van der Waals surface area contributed by atoms with Crippen molar-refractivity contribution >= 4 is 18.1 Å². The molecule has 1 amide bonds. The Balaban J connectivity index is 1.56. The van der Waals surface area contributed by atoms with E-state index in [-0.39, 0.29) is 17.9 Å². The Morgan fingerprint density at radius 3 is 2.66 bits per heavy atom. The number of hydrogen-bond acceptors (Lipinski definition) is 5. The first-order valence-electron chi connectivity index (χ1n) is 9.02. The number of carboxylic acid groups (broad SMARTS) is 1. The summed E-state index contributed by atoms with van der Waals surface area (Å²) in [7, 11) is 0. The Morgan fingerprint density at radius 1 is 1.14 bits per heavy atom. The van der Waals surface area contributed by atoms with Gasteiger partial charge in [0.05, 0.1) is 24.8 Å². The molecule has 29 heavy (non-hydrogen) atoms. The molecule has 0 fully saturated rings. The number of amides is 1. The Kier molecular flexibility index (Phi) is 6.42. The molecule has 1 heterocycles. The fraction of sp³-hybridized carbons (Fsp3) is 0.136. The first kappa shape index (κ1) is 19.9. The van der Waals surface area contributed by atoms with Crippen LogP contribution in [0.15, 0.2) is 70.2 Å². The van der Waals surface area contributed by atoms with Crippen molar-refractivity contribution in [2.75, 3.05) is 6.61 Å². The van der Waals surface area contributed by atoms with E-state index in [0.29, 0.717) is 23.7 Å². The van der Waals surface area contributed by atoms with E-state index >= 15 is 0 Å². The number of nitrogens with zero attached hydrogens (tertiary/aromatic N) is 1. The second-order valence-corrected chi connectivity index (χ2v) is 6.13. The summed E-state index contributed by atoms with van der Waals surface area (Å²) in [6, 6.07) is 17.1. The van der Waals surface area contributed by atoms with Gasteiger partial charge < -0.3 is 14.3 Å². The van der Waals surface area contributed by atoms with Crippen LogP contribution >= 0.6 is 0 Å². The molecular weight excluding hydrogens is 372 g/mol. The lowest BCUT2D eigenvalue weighted by molar-refractivity contribution is -0.120. The van der Waals surface area contributed by atoms with Gasteiger partial charge in [0.2, 0.25) is 5.91 Å². The number of rotatable bonds is 8. The molecule has 7 heteroatoms. The number of carbonyl (C=O) groups is 2. The Labute approximate surface area is 167 Å². The highest BCUT2D eigenvalue weighted by Crippen LogP contribution is 2.22. The minimum Gasteiger partial charge on any atom is -0.494 e. The van der Waals surface area contributed by atoms with Crippen LogP contribution in [0.1, 0.15) is 28.6 Å². The number of aromatic carboxylic acids is 1. The predicted octanol–water partition coefficient (Wildman–Crippen LogP) is 3.74. The molecule has 0 saturated heterocycles. The fourth-order valence-corrected chi connectivity index (χ4v) is 2.65. The van der Waals surface area contributed by atoms with Gasteiger partial charge >= 0.3 is 5.97 Å². The van der Waals surface area contributed by atoms with E-state index in [1.165, 1.54) is 18.3 Å². The second kappa shape index (κ2) is 9.36. The van der Waals surface area contributed by atoms with Gasteiger partial charge in [-0.15, -0.1) is 0 Å². The Morgan fingerprint density at radius 2 is 1.93 bits per heavy atom. The van der Waals surface area contributed by atoms with Crippen LogP contribution in [-0.2, 0) is 11.2 Å². The number of hydrogen-bond donors (Lipinski definition) is 2. The number of nitrogens with one attached hydrogen (secondary N) is 1. The molecule has 0 spiro atoms. The van der Waals surface area contributed by atoms with E-state index in [0.717, 1.165) is 11.3 Å². The molecule has 148 valence electrons. The molecule has 0 aliphatic heterocycles. The minimum absolute atomic E-state index is 0.177. The topological polar surface area (TPSA) is 101 Å². The van der Waals surface area contributed by atoms with E-state index in [4.69, 9.17) is 14.3 Å². The van der Waals surface area contributed by atoms with Crippen LogP contribution in [0.25, 0.3) is 11.3 Å². The van der Waals surface area contributed by atoms with Crippen molar-refractivity contribution in [3.8, 4) is 17.1 Å². The first-order valence-corrected chi connectivity index (χ1v) is 9.02. The number of hydrazone groups is 1. The van der Waals surface area contributed by atoms with Crippen LogP contribution in [0.3, 0.4) is 0 Å². The van der Waals surface area contributed by atoms with E-state index < -0.39 is 5.97 Å². The maximum atomic E-state index is 12.0. The number of furan rings is 1. The molecule has 0 aliphatic rings. The summed E-state index contributed by atoms with van der Waals surface area (Å²) < 4.78 is 11.0. The van der Waals surface area contributed by atoms with Crippen molar-refractivity contribution in [3.05, 3.63) is 77.6 Å². The summed E-state index contributed by atoms with van der Waals surface area (Å²) >= 11 is 0. The molecule has 0 saturated carbocycles. The van der Waals surface area contributed by atoms with Gasteiger partial charge in [0.15, 0.2) is 0 Å². The summed E-state index contributed by atoms with van der Waals surface area (Å²) in [6.45, 7) is 2.50. The molecule has 2 N–H and O–H groups in total. The van der Waals surface area contributed by atoms with Crippen LogP contribution < -0.4 is 10.2 Å². The highest BCUT2D eigenvalue weighted by atomic mass is 16.5. The highest BCUT2D eigenvalue weighted by Gasteiger charge is 2.08. The zero-order chi connectivity index (χ0) is 20.6. The molecular formula is C22H20N2O5. The number of benzene rings is 2. The zero-order valence-corrected chi connectivity index (χ0v) is 15.8. The quantitative estimate of drug-likeness (QED) is 0.449. The molecule has 3 rings (SSSR count). The molecule has 1 aromatic heterocycles. The SMILES string of the molecule is CCOc1ccc(CC(=O)N/N=C\c2ccc(-c3cccc(C(=O)O)c3)o2)cc1. The number of ether oxygens (including phenoxy) is 1. The number of carbonyl (C=O) groups excluding carboxylic acids is 1. The third-order valence-electron chi connectivity index (χ3n) is 4.00. The lowest BCUT2D eigenvalue weighted by Crippen LogP contribution is -2.19. The van der Waals surface area contributed by atoms with Crippen LogP contribution in [0.5, 0.6) is 5.75 Å². The molecule has 3 aromatic rings. The average molecular weight is 392 g/mol. The number of carboxylic acids is 1. The lowest BCUT2D eigenvalue weighted by atomic mass is 10.1. The molecule has 7 nitrogen and oxygen atoms in total. The third kappa shape index (κ3) is 5.55. The molecule has 0 atom stereocenters. The summed E-state index contributed by atoms with van der Waals surface area (Å²) in [4.78, 5) is 23.1. The Bertz CT molecular complexity index is 1020. The van der Waals surface area contributed by atoms with Crippen LogP contribution in [0, 0.1) is 0 Å². The largest absolute Gasteiger partial charge is 0.494 e. The van der Waals surface area contributed by atoms with E-state index in [2.05, 4.69) is 10.5 Å². The van der Waals surface area contributed by atoms with Gasteiger partial charge in [-0.1, -0.05) is 24.3 Å². The minimum atomic E-state index is -1.00. The maximum Gasteiger partial charge on any atom is 0.335 e. The third-order valence-corrected chi connectivity index (χ3v) is 4.00. The first-order chi connectivity index (χ1) is 14.0. The van der Waals surface area contributed by atoms with Gasteiger partial charge in [0.1, 0.15) is 17.3 Å². The average Bonchev–Trinajstić information content (AvgIpc) is 3.19. The fourth-order valence-electron chi connectivity index (χ4n) is 2.65. The molecule has 2 aromatic carbocycles. The molecule has 0 unspecified atom stereocenters. The monoisotopic (exact) mass is 392 g/mol. The normalized spacial score (nSPS) is 10.8. The smallest absolute Gasteiger partial charge is 0.335 e. The van der Waals surface area contributed by atoms with Crippen molar-refractivity contribution in [1.29, 1.82) is 0 Å². The van der Waals surface area contributed by atoms with Gasteiger partial charge in [-0.05, 0) is 48.9 Å². The van der Waals surface area contributed by atoms with Crippen LogP contribution in [0.4, 0.5) is 0 Å². The Hall–Kier alpha value is -3.87. The van der Waals surface area contributed by atoms with E-state index in [9.17, 15) is 9.59 Å². The summed E-state index contributed by atoms with van der Waals surface area (Å²) in [5, 5.41) is 13.0. The summed E-state index contributed by atoms with van der Waals surface area (Å²) in [5.74, 6) is 0.441. The summed E-state index contributed by atoms with van der Waals surface area (Å²) in [6.07, 6.45) is 1.58. The van der Waals surface area contributed by atoms with Crippen molar-refractivity contribution in [1.82, 2.24) is 5.43 Å².